The molecule has 0 amide bonds. The first-order chi connectivity index (χ1) is 12.8. The zero-order valence-corrected chi connectivity index (χ0v) is 15.3. The second-order valence-corrected chi connectivity index (χ2v) is 7.42. The molecule has 2 heterocycles. The van der Waals surface area contributed by atoms with Crippen LogP contribution < -0.4 is 5.32 Å². The van der Waals surface area contributed by atoms with E-state index < -0.39 is 18.0 Å². The smallest absolute Gasteiger partial charge is 0.374 e. The van der Waals surface area contributed by atoms with Gasteiger partial charge in [0.15, 0.2) is 0 Å². The Bertz CT molecular complexity index is 1130. The lowest BCUT2D eigenvalue weighted by molar-refractivity contribution is -0.137. The number of halogens is 3. The molecule has 0 aliphatic carbocycles. The molecule has 0 aliphatic rings. The van der Waals surface area contributed by atoms with Crippen molar-refractivity contribution in [1.29, 1.82) is 0 Å². The predicted octanol–water partition coefficient (Wildman–Crippen LogP) is 4.78. The molecule has 0 fully saturated rings. The molecule has 0 saturated carbocycles. The van der Waals surface area contributed by atoms with Crippen molar-refractivity contribution in [3.63, 3.8) is 0 Å². The summed E-state index contributed by atoms with van der Waals surface area (Å²) in [5, 5.41) is 14.5. The van der Waals surface area contributed by atoms with Crippen LogP contribution in [0.25, 0.3) is 26.9 Å². The van der Waals surface area contributed by atoms with Gasteiger partial charge in [0, 0.05) is 11.1 Å². The van der Waals surface area contributed by atoms with E-state index in [1.54, 1.807) is 13.1 Å². The largest absolute Gasteiger partial charge is 0.416 e. The van der Waals surface area contributed by atoms with Crippen molar-refractivity contribution in [3.05, 3.63) is 58.6 Å². The van der Waals surface area contributed by atoms with Gasteiger partial charge in [0.1, 0.15) is 16.6 Å². The first-order valence-electron chi connectivity index (χ1n) is 8.24. The molecule has 1 unspecified atom stereocenters. The number of aryl methyl sites for hydroxylation is 1. The van der Waals surface area contributed by atoms with Crippen LogP contribution in [0.1, 0.15) is 22.4 Å². The molecule has 4 nitrogen and oxygen atoms in total. The van der Waals surface area contributed by atoms with Crippen LogP contribution in [-0.4, -0.2) is 21.7 Å². The summed E-state index contributed by atoms with van der Waals surface area (Å²) in [7, 11) is 1.66. The third-order valence-electron chi connectivity index (χ3n) is 4.48. The normalized spacial score (nSPS) is 13.6. The number of aliphatic hydroxyl groups excluding tert-OH is 1. The maximum atomic E-state index is 12.9. The monoisotopic (exact) mass is 391 g/mol. The van der Waals surface area contributed by atoms with Gasteiger partial charge in [0.05, 0.1) is 16.1 Å². The van der Waals surface area contributed by atoms with Gasteiger partial charge in [-0.1, -0.05) is 6.07 Å². The second kappa shape index (κ2) is 6.33. The predicted molar refractivity (Wildman–Crippen MR) is 100 cm³/mol. The van der Waals surface area contributed by atoms with E-state index in [0.717, 1.165) is 38.4 Å². The van der Waals surface area contributed by atoms with Crippen LogP contribution in [0, 0.1) is 6.92 Å². The second-order valence-electron chi connectivity index (χ2n) is 6.23. The van der Waals surface area contributed by atoms with Crippen LogP contribution in [0.5, 0.6) is 0 Å². The third-order valence-corrected chi connectivity index (χ3v) is 5.43. The van der Waals surface area contributed by atoms with Gasteiger partial charge < -0.3 is 5.11 Å². The fraction of sp³-hybridized carbons (Fsp3) is 0.211. The van der Waals surface area contributed by atoms with E-state index in [-0.39, 0.29) is 0 Å². The average Bonchev–Trinajstić information content (AvgIpc) is 3.14. The summed E-state index contributed by atoms with van der Waals surface area (Å²) >= 11 is 1.48. The van der Waals surface area contributed by atoms with Gasteiger partial charge in [0.25, 0.3) is 0 Å². The average molecular weight is 391 g/mol. The Hall–Kier alpha value is -2.42. The van der Waals surface area contributed by atoms with Crippen molar-refractivity contribution in [2.24, 2.45) is 0 Å². The number of aromatic nitrogens is 2. The Balaban J connectivity index is 1.96. The van der Waals surface area contributed by atoms with E-state index in [1.807, 2.05) is 23.6 Å². The van der Waals surface area contributed by atoms with E-state index in [1.165, 1.54) is 23.5 Å². The Morgan fingerprint density at radius 2 is 1.85 bits per heavy atom. The lowest BCUT2D eigenvalue weighted by atomic mass is 10.1. The fourth-order valence-electron chi connectivity index (χ4n) is 3.18. The number of nitrogens with one attached hydrogen (secondary N) is 1. The summed E-state index contributed by atoms with van der Waals surface area (Å²) in [5.41, 5.74) is 2.25. The topological polar surface area (TPSA) is 50.1 Å². The summed E-state index contributed by atoms with van der Waals surface area (Å²) < 4.78 is 40.5. The van der Waals surface area contributed by atoms with Crippen molar-refractivity contribution in [3.8, 4) is 5.69 Å². The summed E-state index contributed by atoms with van der Waals surface area (Å²) in [4.78, 5) is 5.45. The highest BCUT2D eigenvalue weighted by Gasteiger charge is 2.30. The Morgan fingerprint density at radius 1 is 1.15 bits per heavy atom. The number of alkyl halides is 3. The van der Waals surface area contributed by atoms with Gasteiger partial charge in [-0.2, -0.15) is 13.2 Å². The lowest BCUT2D eigenvalue weighted by Gasteiger charge is -2.11. The van der Waals surface area contributed by atoms with Gasteiger partial charge in [-0.05, 0) is 55.9 Å². The number of hydrogen-bond acceptors (Lipinski definition) is 4. The number of aliphatic hydroxyl groups is 1. The zero-order valence-electron chi connectivity index (χ0n) is 14.5. The molecule has 8 heteroatoms. The van der Waals surface area contributed by atoms with Crippen LogP contribution in [-0.2, 0) is 6.18 Å². The van der Waals surface area contributed by atoms with Crippen LogP contribution in [0.3, 0.4) is 0 Å². The first kappa shape index (κ1) is 18.0. The number of thiazole rings is 1. The summed E-state index contributed by atoms with van der Waals surface area (Å²) in [6.45, 7) is 1.89. The van der Waals surface area contributed by atoms with Gasteiger partial charge in [0.2, 0.25) is 0 Å². The maximum Gasteiger partial charge on any atom is 0.416 e. The highest BCUT2D eigenvalue weighted by molar-refractivity contribution is 7.18. The zero-order chi connectivity index (χ0) is 19.3. The van der Waals surface area contributed by atoms with Crippen LogP contribution in [0.4, 0.5) is 13.2 Å². The molecule has 2 N–H and O–H groups in total. The highest BCUT2D eigenvalue weighted by atomic mass is 32.1. The van der Waals surface area contributed by atoms with Crippen molar-refractivity contribution >= 4 is 32.6 Å². The van der Waals surface area contributed by atoms with E-state index >= 15 is 0 Å². The number of benzene rings is 2. The quantitative estimate of drug-likeness (QED) is 0.494. The van der Waals surface area contributed by atoms with E-state index in [9.17, 15) is 18.3 Å². The molecular weight excluding hydrogens is 375 g/mol. The molecule has 0 bridgehead atoms. The number of fused-ring (bicyclic) bond motifs is 3. The highest BCUT2D eigenvalue weighted by Crippen LogP contribution is 2.37. The summed E-state index contributed by atoms with van der Waals surface area (Å²) in [6.07, 6.45) is -5.18. The fourth-order valence-corrected chi connectivity index (χ4v) is 4.15. The summed E-state index contributed by atoms with van der Waals surface area (Å²) in [6, 6.07) is 10.6. The van der Waals surface area contributed by atoms with Crippen LogP contribution in [0.2, 0.25) is 0 Å². The van der Waals surface area contributed by atoms with Gasteiger partial charge in [-0.25, -0.2) is 4.98 Å². The van der Waals surface area contributed by atoms with E-state index in [0.29, 0.717) is 11.3 Å². The molecular formula is C19H16F3N3OS. The van der Waals surface area contributed by atoms with E-state index in [2.05, 4.69) is 10.3 Å². The van der Waals surface area contributed by atoms with E-state index in [4.69, 9.17) is 0 Å². The van der Waals surface area contributed by atoms with Crippen LogP contribution >= 0.6 is 11.3 Å². The third kappa shape index (κ3) is 2.99. The van der Waals surface area contributed by atoms with Gasteiger partial charge in [-0.3, -0.25) is 9.88 Å². The molecule has 0 spiro atoms. The molecule has 0 radical (unpaired) electrons. The SMILES string of the molecule is CNC(O)c1ccc2c(c1)c1nc(C)sc1n2-c1ccc(C(F)(F)F)cc1. The van der Waals surface area contributed by atoms with Crippen molar-refractivity contribution in [2.45, 2.75) is 19.3 Å². The molecule has 4 aromatic rings. The molecule has 2 aromatic carbocycles. The van der Waals surface area contributed by atoms with Crippen LogP contribution in [0.15, 0.2) is 42.5 Å². The maximum absolute atomic E-state index is 12.9. The molecule has 1 atom stereocenters. The molecule has 4 rings (SSSR count). The molecule has 0 aliphatic heterocycles. The first-order valence-corrected chi connectivity index (χ1v) is 9.05. The molecule has 0 saturated heterocycles. The number of rotatable bonds is 3. The number of hydrogen-bond donors (Lipinski definition) is 2. The lowest BCUT2D eigenvalue weighted by Crippen LogP contribution is -2.14. The summed E-state index contributed by atoms with van der Waals surface area (Å²) in [5.74, 6) is 0. The molecule has 27 heavy (non-hydrogen) atoms. The minimum absolute atomic E-state index is 0.633. The molecule has 2 aromatic heterocycles. The number of nitrogens with zero attached hydrogens (tertiary/aromatic N) is 2. The Kier molecular flexibility index (Phi) is 4.21. The van der Waals surface area contributed by atoms with Gasteiger partial charge >= 0.3 is 6.18 Å². The minimum Gasteiger partial charge on any atom is -0.374 e. The van der Waals surface area contributed by atoms with Crippen molar-refractivity contribution < 1.29 is 18.3 Å². The van der Waals surface area contributed by atoms with Gasteiger partial charge in [-0.15, -0.1) is 11.3 Å². The van der Waals surface area contributed by atoms with Crippen molar-refractivity contribution in [2.75, 3.05) is 7.05 Å². The molecule has 140 valence electrons. The Labute approximate surface area is 156 Å². The Morgan fingerprint density at radius 3 is 2.48 bits per heavy atom. The standard InChI is InChI=1S/C19H16F3N3OS/c1-10-24-16-14-9-11(17(26)23-2)3-8-15(14)25(18(16)27-10)13-6-4-12(5-7-13)19(20,21)22/h3-9,17,23,26H,1-2H3. The minimum atomic E-state index is -4.37. The van der Waals surface area contributed by atoms with Crippen molar-refractivity contribution in [1.82, 2.24) is 14.9 Å².